The fraction of sp³-hybridized carbons (Fsp3) is 0.250. The monoisotopic (exact) mass is 251 g/mol. The molecule has 2 aromatic rings. The standard InChI is InChI=1S/C12H13NO3S/c14-9-6-4-8(5-7-9)2-1-3-10-11(15)13-12(16)17-10/h4-7,14-15H,1-3H2,(H,13,16). The zero-order chi connectivity index (χ0) is 12.3. The average Bonchev–Trinajstić information content (AvgIpc) is 2.60. The SMILES string of the molecule is O=c1[nH]c(O)c(CCCc2ccc(O)cc2)s1. The van der Waals surface area contributed by atoms with Gasteiger partial charge in [-0.05, 0) is 37.0 Å². The van der Waals surface area contributed by atoms with Gasteiger partial charge in [0.05, 0.1) is 4.88 Å². The number of hydrogen-bond donors (Lipinski definition) is 3. The summed E-state index contributed by atoms with van der Waals surface area (Å²) in [5.74, 6) is 0.251. The minimum absolute atomic E-state index is 0.00861. The first-order chi connectivity index (χ1) is 8.15. The van der Waals surface area contributed by atoms with E-state index in [0.717, 1.165) is 29.7 Å². The first-order valence-electron chi connectivity index (χ1n) is 5.34. The molecule has 2 rings (SSSR count). The van der Waals surface area contributed by atoms with E-state index < -0.39 is 0 Å². The minimum atomic E-state index is -0.220. The second kappa shape index (κ2) is 5.05. The highest BCUT2D eigenvalue weighted by Crippen LogP contribution is 2.19. The second-order valence-electron chi connectivity index (χ2n) is 3.81. The number of aromatic amines is 1. The lowest BCUT2D eigenvalue weighted by atomic mass is 10.1. The van der Waals surface area contributed by atoms with Crippen molar-refractivity contribution < 1.29 is 10.2 Å². The van der Waals surface area contributed by atoms with Crippen LogP contribution in [0.5, 0.6) is 11.6 Å². The zero-order valence-corrected chi connectivity index (χ0v) is 9.96. The Morgan fingerprint density at radius 2 is 1.82 bits per heavy atom. The van der Waals surface area contributed by atoms with Crippen LogP contribution in [0.2, 0.25) is 0 Å². The van der Waals surface area contributed by atoms with Gasteiger partial charge in [0.2, 0.25) is 5.88 Å². The molecule has 0 radical (unpaired) electrons. The van der Waals surface area contributed by atoms with Crippen LogP contribution >= 0.6 is 11.3 Å². The third-order valence-corrected chi connectivity index (χ3v) is 3.44. The lowest BCUT2D eigenvalue weighted by Crippen LogP contribution is -1.89. The average molecular weight is 251 g/mol. The summed E-state index contributed by atoms with van der Waals surface area (Å²) in [5, 5.41) is 18.5. The summed E-state index contributed by atoms with van der Waals surface area (Å²) in [6.45, 7) is 0. The van der Waals surface area contributed by atoms with Gasteiger partial charge < -0.3 is 10.2 Å². The number of aromatic nitrogens is 1. The molecule has 0 aliphatic rings. The second-order valence-corrected chi connectivity index (χ2v) is 4.87. The molecule has 0 saturated heterocycles. The molecule has 0 bridgehead atoms. The van der Waals surface area contributed by atoms with Crippen LogP contribution in [0, 0.1) is 0 Å². The Labute approximate surface area is 102 Å². The molecule has 0 spiro atoms. The van der Waals surface area contributed by atoms with Crippen LogP contribution in [0.1, 0.15) is 16.9 Å². The van der Waals surface area contributed by atoms with E-state index in [9.17, 15) is 9.90 Å². The highest BCUT2D eigenvalue weighted by atomic mass is 32.1. The number of aryl methyl sites for hydroxylation is 2. The van der Waals surface area contributed by atoms with Gasteiger partial charge in [0, 0.05) is 0 Å². The normalized spacial score (nSPS) is 10.6. The Hall–Kier alpha value is -1.75. The largest absolute Gasteiger partial charge is 0.508 e. The van der Waals surface area contributed by atoms with Gasteiger partial charge in [0.25, 0.3) is 0 Å². The Morgan fingerprint density at radius 3 is 2.41 bits per heavy atom. The van der Waals surface area contributed by atoms with Crippen LogP contribution in [-0.4, -0.2) is 15.2 Å². The van der Waals surface area contributed by atoms with Crippen molar-refractivity contribution in [2.24, 2.45) is 0 Å². The van der Waals surface area contributed by atoms with Crippen molar-refractivity contribution in [3.05, 3.63) is 44.4 Å². The number of phenols is 1. The number of benzene rings is 1. The smallest absolute Gasteiger partial charge is 0.307 e. The maximum absolute atomic E-state index is 11.0. The highest BCUT2D eigenvalue weighted by molar-refractivity contribution is 7.09. The topological polar surface area (TPSA) is 73.3 Å². The van der Waals surface area contributed by atoms with Crippen molar-refractivity contribution in [1.29, 1.82) is 0 Å². The molecule has 5 heteroatoms. The summed E-state index contributed by atoms with van der Waals surface area (Å²) < 4.78 is 0. The van der Waals surface area contributed by atoms with Crippen LogP contribution in [0.25, 0.3) is 0 Å². The molecular weight excluding hydrogens is 238 g/mol. The van der Waals surface area contributed by atoms with Gasteiger partial charge >= 0.3 is 4.87 Å². The van der Waals surface area contributed by atoms with E-state index in [4.69, 9.17) is 5.11 Å². The summed E-state index contributed by atoms with van der Waals surface area (Å²) in [6, 6.07) is 7.05. The van der Waals surface area contributed by atoms with E-state index in [1.54, 1.807) is 12.1 Å². The lowest BCUT2D eigenvalue weighted by Gasteiger charge is -2.01. The lowest BCUT2D eigenvalue weighted by molar-refractivity contribution is 0.449. The molecule has 0 fully saturated rings. The van der Waals surface area contributed by atoms with Gasteiger partial charge in [0.1, 0.15) is 5.75 Å². The molecule has 0 amide bonds. The van der Waals surface area contributed by atoms with E-state index >= 15 is 0 Å². The van der Waals surface area contributed by atoms with Gasteiger partial charge in [-0.3, -0.25) is 9.78 Å². The molecule has 17 heavy (non-hydrogen) atoms. The predicted octanol–water partition coefficient (Wildman–Crippen LogP) is 2.02. The summed E-state index contributed by atoms with van der Waals surface area (Å²) >= 11 is 1.05. The van der Waals surface area contributed by atoms with Gasteiger partial charge in [-0.1, -0.05) is 23.5 Å². The van der Waals surface area contributed by atoms with Gasteiger partial charge in [-0.15, -0.1) is 0 Å². The number of rotatable bonds is 4. The molecule has 90 valence electrons. The summed E-state index contributed by atoms with van der Waals surface area (Å²) in [5.41, 5.74) is 1.13. The molecule has 1 aromatic carbocycles. The van der Waals surface area contributed by atoms with Crippen LogP contribution in [0.4, 0.5) is 0 Å². The molecule has 4 nitrogen and oxygen atoms in total. The number of aromatic hydroxyl groups is 2. The minimum Gasteiger partial charge on any atom is -0.508 e. The Morgan fingerprint density at radius 1 is 1.12 bits per heavy atom. The van der Waals surface area contributed by atoms with E-state index in [0.29, 0.717) is 11.3 Å². The maximum Gasteiger partial charge on any atom is 0.307 e. The molecular formula is C12H13NO3S. The molecule has 1 aromatic heterocycles. The molecule has 3 N–H and O–H groups in total. The molecule has 0 aliphatic carbocycles. The summed E-state index contributed by atoms with van der Waals surface area (Å²) in [4.78, 5) is 13.8. The fourth-order valence-electron chi connectivity index (χ4n) is 1.64. The maximum atomic E-state index is 11.0. The first kappa shape index (κ1) is 11.7. The Kier molecular flexibility index (Phi) is 3.49. The van der Waals surface area contributed by atoms with Crippen LogP contribution in [0.15, 0.2) is 29.1 Å². The number of thiazole rings is 1. The van der Waals surface area contributed by atoms with E-state index in [1.807, 2.05) is 12.1 Å². The van der Waals surface area contributed by atoms with E-state index in [-0.39, 0.29) is 16.5 Å². The molecule has 0 aliphatic heterocycles. The third-order valence-electron chi connectivity index (χ3n) is 2.51. The highest BCUT2D eigenvalue weighted by Gasteiger charge is 2.06. The van der Waals surface area contributed by atoms with E-state index in [2.05, 4.69) is 4.98 Å². The molecule has 1 heterocycles. The van der Waals surface area contributed by atoms with Crippen molar-refractivity contribution in [2.45, 2.75) is 19.3 Å². The fourth-order valence-corrected chi connectivity index (χ4v) is 2.40. The Balaban J connectivity index is 1.89. The van der Waals surface area contributed by atoms with Crippen LogP contribution < -0.4 is 4.87 Å². The number of hydrogen-bond acceptors (Lipinski definition) is 4. The van der Waals surface area contributed by atoms with Crippen molar-refractivity contribution in [2.75, 3.05) is 0 Å². The zero-order valence-electron chi connectivity index (χ0n) is 9.14. The molecule has 0 saturated carbocycles. The van der Waals surface area contributed by atoms with Gasteiger partial charge in [-0.25, -0.2) is 0 Å². The Bertz CT molecular complexity index is 542. The first-order valence-corrected chi connectivity index (χ1v) is 6.15. The molecule has 0 atom stereocenters. The predicted molar refractivity (Wildman–Crippen MR) is 66.7 cm³/mol. The van der Waals surface area contributed by atoms with Crippen LogP contribution in [-0.2, 0) is 12.8 Å². The third kappa shape index (κ3) is 3.10. The summed E-state index contributed by atoms with van der Waals surface area (Å²) in [7, 11) is 0. The summed E-state index contributed by atoms with van der Waals surface area (Å²) in [6.07, 6.45) is 2.38. The van der Waals surface area contributed by atoms with Gasteiger partial charge in [-0.2, -0.15) is 0 Å². The van der Waals surface area contributed by atoms with Gasteiger partial charge in [0.15, 0.2) is 0 Å². The molecule has 0 unspecified atom stereocenters. The number of H-pyrrole nitrogens is 1. The quantitative estimate of drug-likeness (QED) is 0.778. The van der Waals surface area contributed by atoms with Crippen molar-refractivity contribution >= 4 is 11.3 Å². The number of nitrogens with one attached hydrogen (secondary N) is 1. The van der Waals surface area contributed by atoms with Crippen LogP contribution in [0.3, 0.4) is 0 Å². The van der Waals surface area contributed by atoms with Crippen molar-refractivity contribution in [3.63, 3.8) is 0 Å². The van der Waals surface area contributed by atoms with Crippen molar-refractivity contribution in [1.82, 2.24) is 4.98 Å². The number of phenolic OH excluding ortho intramolecular Hbond substituents is 1. The van der Waals surface area contributed by atoms with Crippen molar-refractivity contribution in [3.8, 4) is 11.6 Å². The van der Waals surface area contributed by atoms with E-state index in [1.165, 1.54) is 0 Å².